The number of carbonyl (C=O) groups is 1. The van der Waals surface area contributed by atoms with Crippen LogP contribution in [-0.4, -0.2) is 5.91 Å². The molecule has 1 aromatic heterocycles. The number of nitrogens with one attached hydrogen (secondary N) is 1. The molecule has 1 amide bonds. The van der Waals surface area contributed by atoms with Crippen LogP contribution in [0.15, 0.2) is 46.9 Å². The van der Waals surface area contributed by atoms with E-state index in [1.54, 1.807) is 12.1 Å². The van der Waals surface area contributed by atoms with Gasteiger partial charge < -0.3 is 5.32 Å². The Bertz CT molecular complexity index is 847. The number of fused-ring (bicyclic) bond motifs is 1. The molecule has 1 N–H and O–H groups in total. The molecular weight excluding hydrogens is 393 g/mol. The van der Waals surface area contributed by atoms with E-state index in [9.17, 15) is 4.79 Å². The van der Waals surface area contributed by atoms with Crippen LogP contribution in [0, 0.1) is 0 Å². The zero-order valence-electron chi connectivity index (χ0n) is 10.5. The third-order valence-corrected chi connectivity index (χ3v) is 5.40. The van der Waals surface area contributed by atoms with Crippen molar-refractivity contribution < 1.29 is 4.79 Å². The summed E-state index contributed by atoms with van der Waals surface area (Å²) in [5.41, 5.74) is 0.554. The van der Waals surface area contributed by atoms with Crippen LogP contribution in [0.3, 0.4) is 0 Å². The minimum atomic E-state index is -0.259. The first-order chi connectivity index (χ1) is 10.1. The lowest BCUT2D eigenvalue weighted by atomic mass is 10.2. The van der Waals surface area contributed by atoms with Gasteiger partial charge in [0.1, 0.15) is 4.88 Å². The van der Waals surface area contributed by atoms with Crippen molar-refractivity contribution in [1.29, 1.82) is 0 Å². The van der Waals surface area contributed by atoms with Crippen LogP contribution in [0.1, 0.15) is 9.67 Å². The summed E-state index contributed by atoms with van der Waals surface area (Å²) in [6.45, 7) is 0. The summed E-state index contributed by atoms with van der Waals surface area (Å²) >= 11 is 17.1. The molecule has 1 heterocycles. The Balaban J connectivity index is 1.95. The number of amides is 1. The molecular formula is C15H8BrCl2NOS. The van der Waals surface area contributed by atoms with Gasteiger partial charge in [-0.25, -0.2) is 0 Å². The van der Waals surface area contributed by atoms with Crippen molar-refractivity contribution in [3.63, 3.8) is 0 Å². The van der Waals surface area contributed by atoms with Crippen LogP contribution in [0.5, 0.6) is 0 Å². The van der Waals surface area contributed by atoms with Gasteiger partial charge in [-0.1, -0.05) is 57.3 Å². The van der Waals surface area contributed by atoms with Gasteiger partial charge in [0.25, 0.3) is 5.91 Å². The Kier molecular flexibility index (Phi) is 4.22. The summed E-state index contributed by atoms with van der Waals surface area (Å²) in [5.74, 6) is -0.259. The maximum atomic E-state index is 12.4. The predicted molar refractivity (Wildman–Crippen MR) is 93.9 cm³/mol. The van der Waals surface area contributed by atoms with Crippen molar-refractivity contribution in [3.8, 4) is 0 Å². The third kappa shape index (κ3) is 2.94. The lowest BCUT2D eigenvalue weighted by molar-refractivity contribution is 0.103. The summed E-state index contributed by atoms with van der Waals surface area (Å²) in [7, 11) is 0. The second-order valence-corrected chi connectivity index (χ2v) is 7.07. The zero-order valence-corrected chi connectivity index (χ0v) is 14.4. The molecule has 2 aromatic carbocycles. The largest absolute Gasteiger partial charge is 0.320 e. The smallest absolute Gasteiger partial charge is 0.267 e. The van der Waals surface area contributed by atoms with E-state index < -0.39 is 0 Å². The zero-order chi connectivity index (χ0) is 15.0. The summed E-state index contributed by atoms with van der Waals surface area (Å²) in [5, 5.41) is 4.62. The molecule has 21 heavy (non-hydrogen) atoms. The van der Waals surface area contributed by atoms with E-state index in [1.807, 2.05) is 30.3 Å². The number of hydrogen-bond donors (Lipinski definition) is 1. The predicted octanol–water partition coefficient (Wildman–Crippen LogP) is 6.22. The average molecular weight is 401 g/mol. The molecule has 0 radical (unpaired) electrons. The molecule has 0 atom stereocenters. The van der Waals surface area contributed by atoms with Gasteiger partial charge in [-0.3, -0.25) is 4.79 Å². The molecule has 0 aliphatic rings. The molecule has 0 unspecified atom stereocenters. The molecule has 0 saturated heterocycles. The maximum absolute atomic E-state index is 12.4. The standard InChI is InChI=1S/C15H8BrCl2NOS/c16-8-5-6-11(10(17)7-8)19-15(20)14-13(18)9-3-1-2-4-12(9)21-14/h1-7H,(H,19,20). The van der Waals surface area contributed by atoms with Crippen molar-refractivity contribution in [1.82, 2.24) is 0 Å². The quantitative estimate of drug-likeness (QED) is 0.543. The van der Waals surface area contributed by atoms with Crippen LogP contribution in [0.2, 0.25) is 10.0 Å². The SMILES string of the molecule is O=C(Nc1ccc(Br)cc1Cl)c1sc2ccccc2c1Cl. The second-order valence-electron chi connectivity index (χ2n) is 4.32. The lowest BCUT2D eigenvalue weighted by Crippen LogP contribution is -2.10. The molecule has 106 valence electrons. The number of hydrogen-bond acceptors (Lipinski definition) is 2. The van der Waals surface area contributed by atoms with Gasteiger partial charge in [-0.05, 0) is 24.3 Å². The Morgan fingerprint density at radius 2 is 1.90 bits per heavy atom. The van der Waals surface area contributed by atoms with Gasteiger partial charge in [-0.15, -0.1) is 11.3 Å². The fraction of sp³-hybridized carbons (Fsp3) is 0. The van der Waals surface area contributed by atoms with Gasteiger partial charge >= 0.3 is 0 Å². The molecule has 2 nitrogen and oxygen atoms in total. The van der Waals surface area contributed by atoms with Crippen molar-refractivity contribution in [2.24, 2.45) is 0 Å². The van der Waals surface area contributed by atoms with E-state index in [4.69, 9.17) is 23.2 Å². The van der Waals surface area contributed by atoms with Crippen LogP contribution in [-0.2, 0) is 0 Å². The number of benzene rings is 2. The van der Waals surface area contributed by atoms with Gasteiger partial charge in [0.05, 0.1) is 15.7 Å². The fourth-order valence-electron chi connectivity index (χ4n) is 1.93. The Labute approximate surface area is 143 Å². The van der Waals surface area contributed by atoms with Crippen molar-refractivity contribution >= 4 is 72.1 Å². The normalized spacial score (nSPS) is 10.8. The highest BCUT2D eigenvalue weighted by molar-refractivity contribution is 9.10. The highest BCUT2D eigenvalue weighted by Crippen LogP contribution is 2.36. The number of carbonyl (C=O) groups excluding carboxylic acids is 1. The molecule has 0 aliphatic heterocycles. The van der Waals surface area contributed by atoms with Crippen LogP contribution < -0.4 is 5.32 Å². The van der Waals surface area contributed by atoms with E-state index >= 15 is 0 Å². The van der Waals surface area contributed by atoms with E-state index in [2.05, 4.69) is 21.2 Å². The number of rotatable bonds is 2. The van der Waals surface area contributed by atoms with E-state index in [0.29, 0.717) is 20.6 Å². The molecule has 0 spiro atoms. The van der Waals surface area contributed by atoms with E-state index in [-0.39, 0.29) is 5.91 Å². The highest BCUT2D eigenvalue weighted by Gasteiger charge is 2.17. The van der Waals surface area contributed by atoms with Gasteiger partial charge in [0.2, 0.25) is 0 Å². The summed E-state index contributed by atoms with van der Waals surface area (Å²) in [4.78, 5) is 12.9. The monoisotopic (exact) mass is 399 g/mol. The maximum Gasteiger partial charge on any atom is 0.267 e. The summed E-state index contributed by atoms with van der Waals surface area (Å²) < 4.78 is 1.83. The Morgan fingerprint density at radius 3 is 2.62 bits per heavy atom. The minimum absolute atomic E-state index is 0.259. The molecule has 0 saturated carbocycles. The molecule has 3 aromatic rings. The molecule has 0 bridgehead atoms. The first-order valence-corrected chi connectivity index (χ1v) is 8.36. The second kappa shape index (κ2) is 5.97. The lowest BCUT2D eigenvalue weighted by Gasteiger charge is -2.06. The molecule has 3 rings (SSSR count). The Morgan fingerprint density at radius 1 is 1.14 bits per heavy atom. The van der Waals surface area contributed by atoms with E-state index in [1.165, 1.54) is 11.3 Å². The van der Waals surface area contributed by atoms with Crippen LogP contribution >= 0.6 is 50.5 Å². The summed E-state index contributed by atoms with van der Waals surface area (Å²) in [6, 6.07) is 12.9. The number of thiophene rings is 1. The first-order valence-electron chi connectivity index (χ1n) is 5.99. The van der Waals surface area contributed by atoms with Gasteiger partial charge in [-0.2, -0.15) is 0 Å². The van der Waals surface area contributed by atoms with Crippen molar-refractivity contribution in [3.05, 3.63) is 61.9 Å². The Hall–Kier alpha value is -1.07. The van der Waals surface area contributed by atoms with Gasteiger partial charge in [0.15, 0.2) is 0 Å². The molecule has 0 aliphatic carbocycles. The third-order valence-electron chi connectivity index (χ3n) is 2.92. The first kappa shape index (κ1) is 14.9. The average Bonchev–Trinajstić information content (AvgIpc) is 2.80. The van der Waals surface area contributed by atoms with Crippen molar-refractivity contribution in [2.45, 2.75) is 0 Å². The summed E-state index contributed by atoms with van der Waals surface area (Å²) in [6.07, 6.45) is 0. The number of halogens is 3. The fourth-order valence-corrected chi connectivity index (χ4v) is 4.06. The topological polar surface area (TPSA) is 29.1 Å². The minimum Gasteiger partial charge on any atom is -0.320 e. The highest BCUT2D eigenvalue weighted by atomic mass is 79.9. The van der Waals surface area contributed by atoms with Gasteiger partial charge in [0, 0.05) is 14.6 Å². The van der Waals surface area contributed by atoms with E-state index in [0.717, 1.165) is 14.6 Å². The number of anilines is 1. The van der Waals surface area contributed by atoms with Crippen LogP contribution in [0.4, 0.5) is 5.69 Å². The van der Waals surface area contributed by atoms with Crippen LogP contribution in [0.25, 0.3) is 10.1 Å². The molecule has 0 fully saturated rings. The molecule has 6 heteroatoms. The van der Waals surface area contributed by atoms with Crippen molar-refractivity contribution in [2.75, 3.05) is 5.32 Å².